The summed E-state index contributed by atoms with van der Waals surface area (Å²) in [5, 5.41) is 13.0. The molecule has 140 valence electrons. The molecule has 0 aliphatic heterocycles. The van der Waals surface area contributed by atoms with Gasteiger partial charge >= 0.3 is 6.03 Å². The van der Waals surface area contributed by atoms with Crippen LogP contribution in [0.15, 0.2) is 24.3 Å². The fourth-order valence-electron chi connectivity index (χ4n) is 3.29. The summed E-state index contributed by atoms with van der Waals surface area (Å²) in [6.45, 7) is 5.23. The highest BCUT2D eigenvalue weighted by Crippen LogP contribution is 2.24. The number of benzene rings is 1. The van der Waals surface area contributed by atoms with Crippen molar-refractivity contribution in [2.75, 3.05) is 20.1 Å². The number of carbonyl (C=O) groups excluding carboxylic acids is 1. The van der Waals surface area contributed by atoms with Crippen LogP contribution < -0.4 is 10.1 Å². The highest BCUT2D eigenvalue weighted by Gasteiger charge is 2.25. The lowest BCUT2D eigenvalue weighted by Gasteiger charge is -2.31. The van der Waals surface area contributed by atoms with Crippen LogP contribution in [0.25, 0.3) is 0 Å². The Morgan fingerprint density at radius 1 is 1.28 bits per heavy atom. The number of hydrogen-bond acceptors (Lipinski definition) is 3. The zero-order chi connectivity index (χ0) is 18.2. The van der Waals surface area contributed by atoms with Crippen molar-refractivity contribution in [3.05, 3.63) is 29.8 Å². The number of aliphatic hydroxyl groups excluding tert-OH is 1. The van der Waals surface area contributed by atoms with E-state index in [4.69, 9.17) is 4.74 Å². The van der Waals surface area contributed by atoms with Gasteiger partial charge in [-0.25, -0.2) is 4.79 Å². The molecular weight excluding hydrogens is 316 g/mol. The monoisotopic (exact) mass is 348 g/mol. The minimum atomic E-state index is -0.268. The first-order chi connectivity index (χ1) is 12.0. The maximum atomic E-state index is 12.2. The van der Waals surface area contributed by atoms with Crippen LogP contribution in [0.1, 0.15) is 45.1 Å². The van der Waals surface area contributed by atoms with Gasteiger partial charge in [0.2, 0.25) is 0 Å². The molecule has 2 rings (SSSR count). The molecule has 0 saturated heterocycles. The largest absolute Gasteiger partial charge is 0.491 e. The summed E-state index contributed by atoms with van der Waals surface area (Å²) in [7, 11) is 1.80. The minimum absolute atomic E-state index is 0.0717. The SMILES string of the molecule is CC(C)Oc1ccc(CCNC(=O)N(C)CC2CCCCC2O)cc1. The molecule has 2 amide bonds. The number of amides is 2. The fraction of sp³-hybridized carbons (Fsp3) is 0.650. The molecule has 1 fully saturated rings. The quantitative estimate of drug-likeness (QED) is 0.795. The van der Waals surface area contributed by atoms with Crippen molar-refractivity contribution in [2.45, 2.75) is 58.2 Å². The molecule has 25 heavy (non-hydrogen) atoms. The van der Waals surface area contributed by atoms with Crippen molar-refractivity contribution >= 4 is 6.03 Å². The molecule has 0 bridgehead atoms. The molecule has 2 atom stereocenters. The third kappa shape index (κ3) is 6.58. The van der Waals surface area contributed by atoms with Crippen molar-refractivity contribution < 1.29 is 14.6 Å². The Morgan fingerprint density at radius 2 is 1.96 bits per heavy atom. The lowest BCUT2D eigenvalue weighted by atomic mass is 9.86. The standard InChI is InChI=1S/C20H32N2O3/c1-15(2)25-18-10-8-16(9-11-18)12-13-21-20(24)22(3)14-17-6-4-5-7-19(17)23/h8-11,15,17,19,23H,4-7,12-14H2,1-3H3,(H,21,24). The molecule has 0 heterocycles. The molecule has 1 saturated carbocycles. The van der Waals surface area contributed by atoms with Gasteiger partial charge in [0.15, 0.2) is 0 Å². The summed E-state index contributed by atoms with van der Waals surface area (Å²) >= 11 is 0. The minimum Gasteiger partial charge on any atom is -0.491 e. The van der Waals surface area contributed by atoms with E-state index in [1.807, 2.05) is 38.1 Å². The molecule has 2 N–H and O–H groups in total. The summed E-state index contributed by atoms with van der Waals surface area (Å²) in [5.41, 5.74) is 1.17. The van der Waals surface area contributed by atoms with E-state index >= 15 is 0 Å². The highest BCUT2D eigenvalue weighted by molar-refractivity contribution is 5.73. The van der Waals surface area contributed by atoms with Gasteiger partial charge < -0.3 is 20.1 Å². The van der Waals surface area contributed by atoms with Crippen molar-refractivity contribution in [1.82, 2.24) is 10.2 Å². The Morgan fingerprint density at radius 3 is 2.60 bits per heavy atom. The van der Waals surface area contributed by atoms with Gasteiger partial charge in [0.05, 0.1) is 12.2 Å². The van der Waals surface area contributed by atoms with Crippen LogP contribution in [0, 0.1) is 5.92 Å². The van der Waals surface area contributed by atoms with E-state index in [0.717, 1.165) is 37.9 Å². The van der Waals surface area contributed by atoms with E-state index in [1.165, 1.54) is 5.56 Å². The first kappa shape index (κ1) is 19.6. The van der Waals surface area contributed by atoms with Crippen LogP contribution in [0.3, 0.4) is 0 Å². The third-order valence-corrected chi connectivity index (χ3v) is 4.71. The number of aliphatic hydroxyl groups is 1. The van der Waals surface area contributed by atoms with Crippen molar-refractivity contribution in [3.63, 3.8) is 0 Å². The number of nitrogens with zero attached hydrogens (tertiary/aromatic N) is 1. The molecule has 0 aromatic heterocycles. The second kappa shape index (κ2) is 9.66. The topological polar surface area (TPSA) is 61.8 Å². The van der Waals surface area contributed by atoms with Crippen molar-refractivity contribution in [1.29, 1.82) is 0 Å². The normalized spacial score (nSPS) is 20.4. The number of hydrogen-bond donors (Lipinski definition) is 2. The number of ether oxygens (including phenoxy) is 1. The van der Waals surface area contributed by atoms with E-state index in [9.17, 15) is 9.90 Å². The number of urea groups is 1. The van der Waals surface area contributed by atoms with Gasteiger partial charge in [-0.15, -0.1) is 0 Å². The fourth-order valence-corrected chi connectivity index (χ4v) is 3.29. The molecule has 0 spiro atoms. The molecule has 5 nitrogen and oxygen atoms in total. The highest BCUT2D eigenvalue weighted by atomic mass is 16.5. The Hall–Kier alpha value is -1.75. The predicted molar refractivity (Wildman–Crippen MR) is 99.9 cm³/mol. The average Bonchev–Trinajstić information content (AvgIpc) is 2.58. The molecule has 1 aliphatic rings. The van der Waals surface area contributed by atoms with Crippen LogP contribution in [-0.4, -0.2) is 48.4 Å². The summed E-state index contributed by atoms with van der Waals surface area (Å²) in [5.74, 6) is 1.08. The second-order valence-electron chi connectivity index (χ2n) is 7.28. The Kier molecular flexibility index (Phi) is 7.56. The Bertz CT molecular complexity index is 530. The maximum Gasteiger partial charge on any atom is 0.317 e. The van der Waals surface area contributed by atoms with Gasteiger partial charge in [0, 0.05) is 26.1 Å². The molecule has 1 aromatic rings. The van der Waals surface area contributed by atoms with Crippen LogP contribution in [-0.2, 0) is 6.42 Å². The molecule has 2 unspecified atom stereocenters. The van der Waals surface area contributed by atoms with Gasteiger partial charge in [-0.1, -0.05) is 25.0 Å². The van der Waals surface area contributed by atoms with Gasteiger partial charge in [0.1, 0.15) is 5.75 Å². The van der Waals surface area contributed by atoms with Gasteiger partial charge in [0.25, 0.3) is 0 Å². The zero-order valence-corrected chi connectivity index (χ0v) is 15.7. The van der Waals surface area contributed by atoms with E-state index in [2.05, 4.69) is 5.32 Å². The van der Waals surface area contributed by atoms with Gasteiger partial charge in [-0.05, 0) is 50.8 Å². The number of carbonyl (C=O) groups is 1. The maximum absolute atomic E-state index is 12.2. The average molecular weight is 348 g/mol. The molecule has 1 aromatic carbocycles. The summed E-state index contributed by atoms with van der Waals surface area (Å²) in [6.07, 6.45) is 4.79. The van der Waals surface area contributed by atoms with E-state index in [1.54, 1.807) is 11.9 Å². The number of rotatable bonds is 7. The molecule has 5 heteroatoms. The number of nitrogens with one attached hydrogen (secondary N) is 1. The van der Waals surface area contributed by atoms with Gasteiger partial charge in [-0.3, -0.25) is 0 Å². The first-order valence-electron chi connectivity index (χ1n) is 9.38. The third-order valence-electron chi connectivity index (χ3n) is 4.71. The van der Waals surface area contributed by atoms with Crippen LogP contribution in [0.2, 0.25) is 0 Å². The Balaban J connectivity index is 1.70. The van der Waals surface area contributed by atoms with Crippen LogP contribution in [0.5, 0.6) is 5.75 Å². The van der Waals surface area contributed by atoms with E-state index in [-0.39, 0.29) is 24.2 Å². The lowest BCUT2D eigenvalue weighted by molar-refractivity contribution is 0.0565. The summed E-state index contributed by atoms with van der Waals surface area (Å²) in [4.78, 5) is 13.9. The summed E-state index contributed by atoms with van der Waals surface area (Å²) in [6, 6.07) is 7.93. The molecular formula is C20H32N2O3. The lowest BCUT2D eigenvalue weighted by Crippen LogP contribution is -2.43. The predicted octanol–water partition coefficient (Wildman–Crippen LogP) is 3.21. The van der Waals surface area contributed by atoms with Crippen molar-refractivity contribution in [3.8, 4) is 5.75 Å². The molecule has 0 radical (unpaired) electrons. The van der Waals surface area contributed by atoms with Gasteiger partial charge in [-0.2, -0.15) is 0 Å². The van der Waals surface area contributed by atoms with E-state index < -0.39 is 0 Å². The first-order valence-corrected chi connectivity index (χ1v) is 9.38. The van der Waals surface area contributed by atoms with Crippen molar-refractivity contribution in [2.24, 2.45) is 5.92 Å². The second-order valence-corrected chi connectivity index (χ2v) is 7.28. The van der Waals surface area contributed by atoms with E-state index in [0.29, 0.717) is 13.1 Å². The van der Waals surface area contributed by atoms with Crippen LogP contribution >= 0.6 is 0 Å². The Labute approximate surface area is 151 Å². The summed E-state index contributed by atoms with van der Waals surface area (Å²) < 4.78 is 5.63. The molecule has 1 aliphatic carbocycles. The smallest absolute Gasteiger partial charge is 0.317 e. The zero-order valence-electron chi connectivity index (χ0n) is 15.7. The van der Waals surface area contributed by atoms with Crippen LogP contribution in [0.4, 0.5) is 4.79 Å².